The molecule has 0 radical (unpaired) electrons. The van der Waals surface area contributed by atoms with E-state index >= 15 is 0 Å². The fourth-order valence-electron chi connectivity index (χ4n) is 2.91. The molecule has 0 atom stereocenters. The summed E-state index contributed by atoms with van der Waals surface area (Å²) < 4.78 is 7.26. The lowest BCUT2D eigenvalue weighted by atomic mass is 10.2. The van der Waals surface area contributed by atoms with E-state index in [1.165, 1.54) is 11.8 Å². The number of anilines is 1. The van der Waals surface area contributed by atoms with Crippen molar-refractivity contribution >= 4 is 35.0 Å². The molecule has 9 heteroatoms. The molecule has 4 aromatic rings. The van der Waals surface area contributed by atoms with Crippen molar-refractivity contribution in [3.05, 3.63) is 78.1 Å². The van der Waals surface area contributed by atoms with E-state index in [1.54, 1.807) is 31.6 Å². The highest BCUT2D eigenvalue weighted by atomic mass is 35.5. The average Bonchev–Trinajstić information content (AvgIpc) is 3.24. The molecule has 4 rings (SSSR count). The van der Waals surface area contributed by atoms with Crippen LogP contribution in [0.4, 0.5) is 5.69 Å². The zero-order chi connectivity index (χ0) is 21.6. The molecule has 0 bridgehead atoms. The SMILES string of the molecule is COc1cccc(-n2c(SCC(=O)Nc3ccccc3Cl)nnc2-c2ccncc2)c1. The van der Waals surface area contributed by atoms with E-state index in [4.69, 9.17) is 16.3 Å². The number of para-hydroxylation sites is 1. The van der Waals surface area contributed by atoms with Gasteiger partial charge in [0.05, 0.1) is 29.3 Å². The van der Waals surface area contributed by atoms with Crippen molar-refractivity contribution in [1.82, 2.24) is 19.7 Å². The summed E-state index contributed by atoms with van der Waals surface area (Å²) in [5, 5.41) is 12.6. The Kier molecular flexibility index (Phi) is 6.49. The molecule has 0 aliphatic rings. The van der Waals surface area contributed by atoms with Gasteiger partial charge in [0.1, 0.15) is 5.75 Å². The molecule has 2 heterocycles. The van der Waals surface area contributed by atoms with Crippen molar-refractivity contribution in [3.63, 3.8) is 0 Å². The summed E-state index contributed by atoms with van der Waals surface area (Å²) in [7, 11) is 1.61. The Hall–Kier alpha value is -3.36. The molecule has 0 spiro atoms. The molecule has 0 unspecified atom stereocenters. The van der Waals surface area contributed by atoms with E-state index in [9.17, 15) is 4.79 Å². The van der Waals surface area contributed by atoms with Crippen LogP contribution in [0.3, 0.4) is 0 Å². The van der Waals surface area contributed by atoms with Gasteiger partial charge in [-0.05, 0) is 36.4 Å². The van der Waals surface area contributed by atoms with Crippen LogP contribution < -0.4 is 10.1 Å². The van der Waals surface area contributed by atoms with Gasteiger partial charge in [-0.15, -0.1) is 10.2 Å². The average molecular weight is 452 g/mol. The van der Waals surface area contributed by atoms with E-state index in [2.05, 4.69) is 20.5 Å². The molecule has 0 saturated heterocycles. The second-order valence-corrected chi connectivity index (χ2v) is 7.75. The molecule has 156 valence electrons. The van der Waals surface area contributed by atoms with E-state index in [1.807, 2.05) is 53.1 Å². The highest BCUT2D eigenvalue weighted by molar-refractivity contribution is 7.99. The van der Waals surface area contributed by atoms with Crippen molar-refractivity contribution in [2.24, 2.45) is 0 Å². The van der Waals surface area contributed by atoms with Gasteiger partial charge in [-0.25, -0.2) is 0 Å². The van der Waals surface area contributed by atoms with Crippen molar-refractivity contribution in [2.75, 3.05) is 18.2 Å². The Morgan fingerprint density at radius 3 is 2.68 bits per heavy atom. The van der Waals surface area contributed by atoms with Crippen LogP contribution in [0.1, 0.15) is 0 Å². The van der Waals surface area contributed by atoms with Gasteiger partial charge in [-0.2, -0.15) is 0 Å². The quantitative estimate of drug-likeness (QED) is 0.409. The van der Waals surface area contributed by atoms with Gasteiger partial charge in [0.2, 0.25) is 5.91 Å². The first-order valence-corrected chi connectivity index (χ1v) is 10.7. The summed E-state index contributed by atoms with van der Waals surface area (Å²) in [5.74, 6) is 1.30. The molecule has 0 aliphatic carbocycles. The summed E-state index contributed by atoms with van der Waals surface area (Å²) in [6.07, 6.45) is 3.40. The maximum atomic E-state index is 12.5. The fraction of sp³-hybridized carbons (Fsp3) is 0.0909. The number of hydrogen-bond donors (Lipinski definition) is 1. The van der Waals surface area contributed by atoms with Gasteiger partial charge in [0.15, 0.2) is 11.0 Å². The number of thioether (sulfide) groups is 1. The Bertz CT molecular complexity index is 1200. The number of amides is 1. The lowest BCUT2D eigenvalue weighted by Crippen LogP contribution is -2.14. The van der Waals surface area contributed by atoms with Crippen molar-refractivity contribution < 1.29 is 9.53 Å². The standard InChI is InChI=1S/C22H18ClN5O2S/c1-30-17-6-4-5-16(13-17)28-21(15-9-11-24-12-10-15)26-27-22(28)31-14-20(29)25-19-8-3-2-7-18(19)23/h2-13H,14H2,1H3,(H,25,29). The molecule has 2 aromatic carbocycles. The number of aromatic nitrogens is 4. The highest BCUT2D eigenvalue weighted by Crippen LogP contribution is 2.29. The van der Waals surface area contributed by atoms with Crippen molar-refractivity contribution in [3.8, 4) is 22.8 Å². The maximum Gasteiger partial charge on any atom is 0.234 e. The first-order chi connectivity index (χ1) is 15.2. The van der Waals surface area contributed by atoms with E-state index < -0.39 is 0 Å². The van der Waals surface area contributed by atoms with Crippen LogP contribution in [0, 0.1) is 0 Å². The van der Waals surface area contributed by atoms with Gasteiger partial charge in [-0.3, -0.25) is 14.3 Å². The number of carbonyl (C=O) groups is 1. The summed E-state index contributed by atoms with van der Waals surface area (Å²) in [6, 6.07) is 18.4. The number of rotatable bonds is 7. The Morgan fingerprint density at radius 1 is 1.10 bits per heavy atom. The van der Waals surface area contributed by atoms with Crippen LogP contribution in [-0.4, -0.2) is 38.5 Å². The third kappa shape index (κ3) is 4.87. The minimum Gasteiger partial charge on any atom is -0.497 e. The molecule has 0 saturated carbocycles. The number of hydrogen-bond acceptors (Lipinski definition) is 6. The monoisotopic (exact) mass is 451 g/mol. The topological polar surface area (TPSA) is 81.9 Å². The first-order valence-electron chi connectivity index (χ1n) is 9.33. The predicted octanol–water partition coefficient (Wildman–Crippen LogP) is 4.72. The van der Waals surface area contributed by atoms with Gasteiger partial charge >= 0.3 is 0 Å². The number of carbonyl (C=O) groups excluding carboxylic acids is 1. The third-order valence-electron chi connectivity index (χ3n) is 4.36. The number of nitrogens with zero attached hydrogens (tertiary/aromatic N) is 4. The van der Waals surface area contributed by atoms with Crippen LogP contribution in [-0.2, 0) is 4.79 Å². The molecule has 31 heavy (non-hydrogen) atoms. The van der Waals surface area contributed by atoms with E-state index in [-0.39, 0.29) is 11.7 Å². The second kappa shape index (κ2) is 9.63. The van der Waals surface area contributed by atoms with Gasteiger partial charge in [0.25, 0.3) is 0 Å². The second-order valence-electron chi connectivity index (χ2n) is 6.40. The molecule has 1 N–H and O–H groups in total. The zero-order valence-corrected chi connectivity index (χ0v) is 18.1. The number of ether oxygens (including phenoxy) is 1. The normalized spacial score (nSPS) is 10.6. The summed E-state index contributed by atoms with van der Waals surface area (Å²) in [6.45, 7) is 0. The van der Waals surface area contributed by atoms with Crippen molar-refractivity contribution in [1.29, 1.82) is 0 Å². The first kappa shape index (κ1) is 20.9. The predicted molar refractivity (Wildman–Crippen MR) is 122 cm³/mol. The summed E-state index contributed by atoms with van der Waals surface area (Å²) >= 11 is 7.41. The highest BCUT2D eigenvalue weighted by Gasteiger charge is 2.18. The fourth-order valence-corrected chi connectivity index (χ4v) is 3.85. The molecule has 1 amide bonds. The Morgan fingerprint density at radius 2 is 1.90 bits per heavy atom. The maximum absolute atomic E-state index is 12.5. The molecule has 7 nitrogen and oxygen atoms in total. The van der Waals surface area contributed by atoms with Gasteiger partial charge in [0, 0.05) is 24.0 Å². The molecule has 0 fully saturated rings. The minimum absolute atomic E-state index is 0.143. The molecule has 0 aliphatic heterocycles. The van der Waals surface area contributed by atoms with Gasteiger partial charge < -0.3 is 10.1 Å². The summed E-state index contributed by atoms with van der Waals surface area (Å²) in [5.41, 5.74) is 2.25. The Balaban J connectivity index is 1.62. The van der Waals surface area contributed by atoms with Gasteiger partial charge in [-0.1, -0.05) is 41.6 Å². The van der Waals surface area contributed by atoms with Crippen LogP contribution in [0.25, 0.3) is 17.1 Å². The van der Waals surface area contributed by atoms with Crippen molar-refractivity contribution in [2.45, 2.75) is 5.16 Å². The minimum atomic E-state index is -0.191. The number of pyridine rings is 1. The molecule has 2 aromatic heterocycles. The Labute approximate surface area is 188 Å². The van der Waals surface area contributed by atoms with Crippen LogP contribution in [0.2, 0.25) is 5.02 Å². The molecular formula is C22H18ClN5O2S. The van der Waals surface area contributed by atoms with Crippen LogP contribution >= 0.6 is 23.4 Å². The van der Waals surface area contributed by atoms with E-state index in [0.717, 1.165) is 11.3 Å². The number of benzene rings is 2. The zero-order valence-electron chi connectivity index (χ0n) is 16.5. The van der Waals surface area contributed by atoms with Crippen LogP contribution in [0.5, 0.6) is 5.75 Å². The lowest BCUT2D eigenvalue weighted by Gasteiger charge is -2.12. The van der Waals surface area contributed by atoms with E-state index in [0.29, 0.717) is 27.4 Å². The lowest BCUT2D eigenvalue weighted by molar-refractivity contribution is -0.113. The van der Waals surface area contributed by atoms with Crippen LogP contribution in [0.15, 0.2) is 78.2 Å². The number of methoxy groups -OCH3 is 1. The number of nitrogens with one attached hydrogen (secondary N) is 1. The molecular weight excluding hydrogens is 434 g/mol. The number of halogens is 1. The largest absolute Gasteiger partial charge is 0.497 e. The summed E-state index contributed by atoms with van der Waals surface area (Å²) in [4.78, 5) is 16.6. The third-order valence-corrected chi connectivity index (χ3v) is 5.62. The smallest absolute Gasteiger partial charge is 0.234 e.